The highest BCUT2D eigenvalue weighted by molar-refractivity contribution is 5.77. The zero-order valence-corrected chi connectivity index (χ0v) is 6.14. The fourth-order valence-electron chi connectivity index (χ4n) is 0.783. The normalized spacial score (nSPS) is 16.2. The Morgan fingerprint density at radius 3 is 2.40 bits per heavy atom. The van der Waals surface area contributed by atoms with Crippen molar-refractivity contribution in [3.8, 4) is 0 Å². The monoisotopic (exact) mass is 145 g/mol. The Morgan fingerprint density at radius 2 is 2.30 bits per heavy atom. The molecule has 0 aliphatic carbocycles. The van der Waals surface area contributed by atoms with Crippen LogP contribution in [0.4, 0.5) is 4.39 Å². The summed E-state index contributed by atoms with van der Waals surface area (Å²) in [5.41, 5.74) is 0. The van der Waals surface area contributed by atoms with Crippen LogP contribution >= 0.6 is 0 Å². The van der Waals surface area contributed by atoms with Crippen LogP contribution in [0, 0.1) is 0 Å². The van der Waals surface area contributed by atoms with Crippen molar-refractivity contribution in [2.45, 2.75) is 12.8 Å². The molecule has 0 radical (unpaired) electrons. The molecule has 58 valence electrons. The van der Waals surface area contributed by atoms with Crippen molar-refractivity contribution in [3.05, 3.63) is 12.9 Å². The van der Waals surface area contributed by atoms with E-state index >= 15 is 0 Å². The lowest BCUT2D eigenvalue weighted by atomic mass is 10.4. The lowest BCUT2D eigenvalue weighted by molar-refractivity contribution is -0.126. The quantitative estimate of drug-likeness (QED) is 0.503. The second-order valence-corrected chi connectivity index (χ2v) is 2.07. The zero-order chi connectivity index (χ0) is 7.98. The van der Waals surface area contributed by atoms with Gasteiger partial charge in [0, 0.05) is 20.0 Å². The summed E-state index contributed by atoms with van der Waals surface area (Å²) in [4.78, 5) is 12.3. The molecule has 3 heteroatoms. The van der Waals surface area contributed by atoms with E-state index in [0.29, 0.717) is 5.91 Å². The molecule has 10 heavy (non-hydrogen) atoms. The molecular weight excluding hydrogens is 133 g/mol. The second-order valence-electron chi connectivity index (χ2n) is 2.07. The molecule has 0 N–H and O–H groups in total. The summed E-state index contributed by atoms with van der Waals surface area (Å²) in [6, 6.07) is 0. The number of amides is 1. The first-order valence-corrected chi connectivity index (χ1v) is 3.17. The topological polar surface area (TPSA) is 20.3 Å². The number of nitrogens with zero attached hydrogens (tertiary/aromatic N) is 1. The number of hydrogen-bond acceptors (Lipinski definition) is 1. The highest BCUT2D eigenvalue weighted by atomic mass is 19.1. The molecule has 0 spiro atoms. The average molecular weight is 145 g/mol. The zero-order valence-electron chi connectivity index (χ0n) is 6.14. The fraction of sp³-hybridized carbons (Fsp3) is 0.571. The predicted molar refractivity (Wildman–Crippen MR) is 38.2 cm³/mol. The minimum atomic E-state index is 0.250. The first kappa shape index (κ1) is 9.14. The molecule has 1 saturated heterocycles. The standard InChI is InChI=1S/C5H9NO.C2H3F/c1-6-4-2-3-5(6)7;1-2-3/h2-4H2,1H3;2H,1H2. The van der Waals surface area contributed by atoms with E-state index in [0.717, 1.165) is 19.4 Å². The van der Waals surface area contributed by atoms with E-state index in [-0.39, 0.29) is 6.33 Å². The summed E-state index contributed by atoms with van der Waals surface area (Å²) in [5, 5.41) is 0. The van der Waals surface area contributed by atoms with Gasteiger partial charge >= 0.3 is 0 Å². The number of hydrogen-bond donors (Lipinski definition) is 0. The molecule has 1 amide bonds. The number of rotatable bonds is 0. The number of likely N-dealkylation sites (tertiary alicyclic amines) is 1. The Balaban J connectivity index is 0.000000236. The van der Waals surface area contributed by atoms with Crippen LogP contribution in [0.25, 0.3) is 0 Å². The summed E-state index contributed by atoms with van der Waals surface area (Å²) in [7, 11) is 1.84. The lowest BCUT2D eigenvalue weighted by Gasteiger charge is -2.03. The Hall–Kier alpha value is -0.860. The van der Waals surface area contributed by atoms with Crippen molar-refractivity contribution >= 4 is 5.91 Å². The molecule has 0 aromatic rings. The van der Waals surface area contributed by atoms with Gasteiger partial charge in [-0.2, -0.15) is 0 Å². The van der Waals surface area contributed by atoms with Gasteiger partial charge in [0.2, 0.25) is 5.91 Å². The molecular formula is C7H12FNO. The molecule has 0 bridgehead atoms. The highest BCUT2D eigenvalue weighted by Gasteiger charge is 2.14. The Kier molecular flexibility index (Phi) is 4.54. The second kappa shape index (κ2) is 4.97. The highest BCUT2D eigenvalue weighted by Crippen LogP contribution is 2.04. The van der Waals surface area contributed by atoms with Gasteiger partial charge in [-0.1, -0.05) is 6.58 Å². The average Bonchev–Trinajstić information content (AvgIpc) is 2.19. The van der Waals surface area contributed by atoms with E-state index in [4.69, 9.17) is 0 Å². The largest absolute Gasteiger partial charge is 0.346 e. The molecule has 0 aromatic heterocycles. The van der Waals surface area contributed by atoms with E-state index < -0.39 is 0 Å². The molecule has 0 atom stereocenters. The van der Waals surface area contributed by atoms with Crippen molar-refractivity contribution in [3.63, 3.8) is 0 Å². The van der Waals surface area contributed by atoms with E-state index in [1.807, 2.05) is 7.05 Å². The third-order valence-corrected chi connectivity index (χ3v) is 1.31. The molecule has 1 aliphatic rings. The van der Waals surface area contributed by atoms with Crippen LogP contribution in [0.2, 0.25) is 0 Å². The van der Waals surface area contributed by atoms with Gasteiger partial charge in [-0.3, -0.25) is 4.79 Å². The summed E-state index contributed by atoms with van der Waals surface area (Å²) < 4.78 is 10.1. The first-order chi connectivity index (χ1) is 4.72. The summed E-state index contributed by atoms with van der Waals surface area (Å²) in [5.74, 6) is 0.292. The van der Waals surface area contributed by atoms with E-state index in [2.05, 4.69) is 6.58 Å². The van der Waals surface area contributed by atoms with E-state index in [9.17, 15) is 9.18 Å². The fourth-order valence-corrected chi connectivity index (χ4v) is 0.783. The summed E-state index contributed by atoms with van der Waals surface area (Å²) in [6.07, 6.45) is 2.06. The number of carbonyl (C=O) groups excluding carboxylic acids is 1. The van der Waals surface area contributed by atoms with Gasteiger partial charge < -0.3 is 4.90 Å². The van der Waals surface area contributed by atoms with Gasteiger partial charge in [-0.05, 0) is 6.42 Å². The summed E-state index contributed by atoms with van der Waals surface area (Å²) in [6.45, 7) is 3.65. The van der Waals surface area contributed by atoms with Gasteiger partial charge in [-0.25, -0.2) is 4.39 Å². The Labute approximate surface area is 60.3 Å². The maximum absolute atomic E-state index is 10.5. The molecule has 0 unspecified atom stereocenters. The van der Waals surface area contributed by atoms with Gasteiger partial charge in [-0.15, -0.1) is 0 Å². The van der Waals surface area contributed by atoms with Gasteiger partial charge in [0.05, 0.1) is 6.33 Å². The Bertz CT molecular complexity index is 125. The van der Waals surface area contributed by atoms with Gasteiger partial charge in [0.25, 0.3) is 0 Å². The maximum Gasteiger partial charge on any atom is 0.222 e. The lowest BCUT2D eigenvalue weighted by Crippen LogP contribution is -2.17. The van der Waals surface area contributed by atoms with Crippen LogP contribution in [0.5, 0.6) is 0 Å². The number of halogens is 1. The third-order valence-electron chi connectivity index (χ3n) is 1.31. The van der Waals surface area contributed by atoms with Crippen molar-refractivity contribution < 1.29 is 9.18 Å². The first-order valence-electron chi connectivity index (χ1n) is 3.17. The minimum Gasteiger partial charge on any atom is -0.346 e. The van der Waals surface area contributed by atoms with E-state index in [1.54, 1.807) is 4.90 Å². The molecule has 2 nitrogen and oxygen atoms in total. The van der Waals surface area contributed by atoms with Crippen molar-refractivity contribution in [2.24, 2.45) is 0 Å². The molecule has 1 rings (SSSR count). The predicted octanol–water partition coefficient (Wildman–Crippen LogP) is 1.34. The van der Waals surface area contributed by atoms with Crippen LogP contribution < -0.4 is 0 Å². The number of carbonyl (C=O) groups is 1. The van der Waals surface area contributed by atoms with Gasteiger partial charge in [0.1, 0.15) is 0 Å². The van der Waals surface area contributed by atoms with Crippen LogP contribution in [-0.2, 0) is 4.79 Å². The third kappa shape index (κ3) is 3.22. The van der Waals surface area contributed by atoms with Crippen LogP contribution in [-0.4, -0.2) is 24.4 Å². The molecule has 0 aromatic carbocycles. The SMILES string of the molecule is C=CF.CN1CCCC1=O. The van der Waals surface area contributed by atoms with Crippen molar-refractivity contribution in [1.82, 2.24) is 4.90 Å². The maximum atomic E-state index is 10.5. The Morgan fingerprint density at radius 1 is 1.80 bits per heavy atom. The summed E-state index contributed by atoms with van der Waals surface area (Å²) >= 11 is 0. The molecule has 0 saturated carbocycles. The van der Waals surface area contributed by atoms with Crippen LogP contribution in [0.15, 0.2) is 12.9 Å². The minimum absolute atomic E-state index is 0.250. The smallest absolute Gasteiger partial charge is 0.222 e. The van der Waals surface area contributed by atoms with Crippen LogP contribution in [0.3, 0.4) is 0 Å². The molecule has 1 fully saturated rings. The van der Waals surface area contributed by atoms with E-state index in [1.165, 1.54) is 0 Å². The van der Waals surface area contributed by atoms with Gasteiger partial charge in [0.15, 0.2) is 0 Å². The van der Waals surface area contributed by atoms with Crippen molar-refractivity contribution in [2.75, 3.05) is 13.6 Å². The van der Waals surface area contributed by atoms with Crippen LogP contribution in [0.1, 0.15) is 12.8 Å². The van der Waals surface area contributed by atoms with Crippen molar-refractivity contribution in [1.29, 1.82) is 0 Å². The molecule has 1 aliphatic heterocycles. The molecule has 1 heterocycles.